The van der Waals surface area contributed by atoms with Crippen molar-refractivity contribution in [3.8, 4) is 0 Å². The fraction of sp³-hybridized carbons (Fsp3) is 0.448. The lowest BCUT2D eigenvalue weighted by atomic mass is 9.83. The monoisotopic (exact) mass is 504 g/mol. The lowest BCUT2D eigenvalue weighted by Gasteiger charge is -2.27. The van der Waals surface area contributed by atoms with Crippen LogP contribution in [0.4, 0.5) is 16.2 Å². The van der Waals surface area contributed by atoms with Crippen LogP contribution in [0.1, 0.15) is 68.3 Å². The number of urea groups is 1. The highest BCUT2D eigenvalue weighted by molar-refractivity contribution is 6.12. The lowest BCUT2D eigenvalue weighted by Crippen LogP contribution is -2.44. The number of para-hydroxylation sites is 1. The summed E-state index contributed by atoms with van der Waals surface area (Å²) in [5, 5.41) is 8.97. The molecular weight excluding hydrogens is 468 g/mol. The minimum Gasteiger partial charge on any atom is -0.465 e. The van der Waals surface area contributed by atoms with Gasteiger partial charge in [0.2, 0.25) is 5.91 Å². The summed E-state index contributed by atoms with van der Waals surface area (Å²) in [7, 11) is 1.31. The lowest BCUT2D eigenvalue weighted by molar-refractivity contribution is -0.116. The summed E-state index contributed by atoms with van der Waals surface area (Å²) in [4.78, 5) is 40.6. The maximum absolute atomic E-state index is 13.8. The average Bonchev–Trinajstić information content (AvgIpc) is 3.02. The van der Waals surface area contributed by atoms with E-state index in [1.165, 1.54) is 18.5 Å². The van der Waals surface area contributed by atoms with Crippen molar-refractivity contribution in [2.24, 2.45) is 16.9 Å². The van der Waals surface area contributed by atoms with E-state index in [0.717, 1.165) is 49.1 Å². The largest absolute Gasteiger partial charge is 0.465 e. The summed E-state index contributed by atoms with van der Waals surface area (Å²) < 4.78 is 4.77. The van der Waals surface area contributed by atoms with Gasteiger partial charge in [-0.15, -0.1) is 0 Å². The summed E-state index contributed by atoms with van der Waals surface area (Å²) in [5.74, 6) is -0.216. The molecule has 0 bridgehead atoms. The normalized spacial score (nSPS) is 16.2. The van der Waals surface area contributed by atoms with Crippen molar-refractivity contribution in [2.75, 3.05) is 30.4 Å². The molecule has 1 aliphatic heterocycles. The van der Waals surface area contributed by atoms with Crippen LogP contribution in [-0.4, -0.2) is 48.8 Å². The second kappa shape index (κ2) is 12.0. The van der Waals surface area contributed by atoms with E-state index in [1.807, 2.05) is 24.3 Å². The molecule has 1 N–H and O–H groups in total. The Labute approximate surface area is 218 Å². The molecule has 0 atom stereocenters. The Morgan fingerprint density at radius 2 is 1.84 bits per heavy atom. The van der Waals surface area contributed by atoms with Crippen LogP contribution in [0.15, 0.2) is 53.6 Å². The Kier molecular flexibility index (Phi) is 8.58. The summed E-state index contributed by atoms with van der Waals surface area (Å²) in [5.41, 5.74) is 3.49. The number of rotatable bonds is 8. The van der Waals surface area contributed by atoms with Gasteiger partial charge in [-0.1, -0.05) is 57.4 Å². The predicted octanol–water partition coefficient (Wildman–Crippen LogP) is 5.68. The second-order valence-corrected chi connectivity index (χ2v) is 10.1. The highest BCUT2D eigenvalue weighted by Crippen LogP contribution is 2.34. The van der Waals surface area contributed by atoms with E-state index in [1.54, 1.807) is 29.2 Å². The smallest absolute Gasteiger partial charge is 0.345 e. The summed E-state index contributed by atoms with van der Waals surface area (Å²) >= 11 is 0. The number of benzene rings is 2. The van der Waals surface area contributed by atoms with Gasteiger partial charge in [0, 0.05) is 23.7 Å². The first-order valence-electron chi connectivity index (χ1n) is 13.1. The highest BCUT2D eigenvalue weighted by atomic mass is 16.5. The topological polar surface area (TPSA) is 91.3 Å². The molecule has 8 nitrogen and oxygen atoms in total. The number of esters is 1. The molecule has 0 saturated heterocycles. The van der Waals surface area contributed by atoms with Crippen LogP contribution in [0, 0.1) is 11.8 Å². The van der Waals surface area contributed by atoms with Gasteiger partial charge in [0.1, 0.15) is 6.54 Å². The number of hydrogen-bond donors (Lipinski definition) is 1. The van der Waals surface area contributed by atoms with E-state index in [4.69, 9.17) is 9.84 Å². The molecule has 1 heterocycles. The first-order valence-corrected chi connectivity index (χ1v) is 13.1. The van der Waals surface area contributed by atoms with Gasteiger partial charge in [0.25, 0.3) is 0 Å². The van der Waals surface area contributed by atoms with E-state index >= 15 is 0 Å². The summed E-state index contributed by atoms with van der Waals surface area (Å²) in [6, 6.07) is 14.2. The minimum atomic E-state index is -0.487. The summed E-state index contributed by atoms with van der Waals surface area (Å²) in [6.07, 6.45) is 6.35. The van der Waals surface area contributed by atoms with Gasteiger partial charge >= 0.3 is 12.0 Å². The van der Waals surface area contributed by atoms with Crippen LogP contribution in [0.3, 0.4) is 0 Å². The first-order chi connectivity index (χ1) is 17.9. The zero-order chi connectivity index (χ0) is 26.4. The highest BCUT2D eigenvalue weighted by Gasteiger charge is 2.33. The van der Waals surface area contributed by atoms with Crippen molar-refractivity contribution in [1.82, 2.24) is 5.01 Å². The van der Waals surface area contributed by atoms with Crippen molar-refractivity contribution in [3.63, 3.8) is 0 Å². The van der Waals surface area contributed by atoms with Gasteiger partial charge in [-0.2, -0.15) is 5.10 Å². The Morgan fingerprint density at radius 3 is 2.57 bits per heavy atom. The maximum Gasteiger partial charge on any atom is 0.345 e. The average molecular weight is 505 g/mol. The van der Waals surface area contributed by atoms with E-state index in [0.29, 0.717) is 23.7 Å². The molecule has 2 aliphatic rings. The number of ether oxygens (including phenoxy) is 1. The van der Waals surface area contributed by atoms with Crippen LogP contribution < -0.4 is 10.2 Å². The molecule has 2 aromatic rings. The van der Waals surface area contributed by atoms with Crippen molar-refractivity contribution in [3.05, 3.63) is 59.7 Å². The van der Waals surface area contributed by atoms with E-state index < -0.39 is 11.9 Å². The second-order valence-electron chi connectivity index (χ2n) is 10.1. The van der Waals surface area contributed by atoms with Crippen LogP contribution in [0.2, 0.25) is 0 Å². The van der Waals surface area contributed by atoms with E-state index in [9.17, 15) is 14.4 Å². The van der Waals surface area contributed by atoms with Crippen molar-refractivity contribution >= 4 is 35.0 Å². The minimum absolute atomic E-state index is 0.232. The Hall–Kier alpha value is -3.68. The number of amides is 3. The quantitative estimate of drug-likeness (QED) is 0.468. The van der Waals surface area contributed by atoms with Crippen molar-refractivity contribution < 1.29 is 19.1 Å². The maximum atomic E-state index is 13.8. The SMILES string of the molecule is COC(=O)c1cccc(NC(=O)CN2N=C(C3CCCCC3)c3ccccc3N(CCC(C)C)C2=O)c1. The number of carbonyl (C=O) groups is 3. The van der Waals surface area contributed by atoms with Crippen LogP contribution in [0.25, 0.3) is 0 Å². The van der Waals surface area contributed by atoms with Gasteiger partial charge in [-0.25, -0.2) is 14.6 Å². The Balaban J connectivity index is 1.64. The first kappa shape index (κ1) is 26.4. The van der Waals surface area contributed by atoms with Crippen LogP contribution >= 0.6 is 0 Å². The number of nitrogens with one attached hydrogen (secondary N) is 1. The zero-order valence-corrected chi connectivity index (χ0v) is 21.9. The van der Waals surface area contributed by atoms with Gasteiger partial charge in [0.05, 0.1) is 24.1 Å². The Morgan fingerprint density at radius 1 is 1.08 bits per heavy atom. The van der Waals surface area contributed by atoms with Gasteiger partial charge in [-0.05, 0) is 49.4 Å². The molecule has 1 aliphatic carbocycles. The molecular formula is C29H36N4O4. The third-order valence-electron chi connectivity index (χ3n) is 6.93. The number of carbonyl (C=O) groups excluding carboxylic acids is 3. The molecule has 37 heavy (non-hydrogen) atoms. The van der Waals surface area contributed by atoms with Crippen LogP contribution in [-0.2, 0) is 9.53 Å². The van der Waals surface area contributed by atoms with Crippen molar-refractivity contribution in [2.45, 2.75) is 52.4 Å². The van der Waals surface area contributed by atoms with Crippen molar-refractivity contribution in [1.29, 1.82) is 0 Å². The standard InChI is InChI=1S/C29H36N4O4/c1-20(2)16-17-32-25-15-8-7-14-24(25)27(21-10-5-4-6-11-21)31-33(29(32)36)19-26(34)30-23-13-9-12-22(18-23)28(35)37-3/h7-9,12-15,18,20-21H,4-6,10-11,16-17,19H2,1-3H3,(H,30,34). The molecule has 8 heteroatoms. The molecule has 1 fully saturated rings. The number of anilines is 2. The van der Waals surface area contributed by atoms with Gasteiger partial charge < -0.3 is 10.1 Å². The molecule has 0 unspecified atom stereocenters. The van der Waals surface area contributed by atoms with E-state index in [2.05, 4.69) is 19.2 Å². The van der Waals surface area contributed by atoms with Crippen LogP contribution in [0.5, 0.6) is 0 Å². The number of fused-ring (bicyclic) bond motifs is 1. The number of nitrogens with zero attached hydrogens (tertiary/aromatic N) is 3. The number of hydrogen-bond acceptors (Lipinski definition) is 5. The number of methoxy groups -OCH3 is 1. The number of hydrazone groups is 1. The molecule has 0 spiro atoms. The predicted molar refractivity (Wildman–Crippen MR) is 145 cm³/mol. The molecule has 3 amide bonds. The fourth-order valence-electron chi connectivity index (χ4n) is 4.96. The molecule has 4 rings (SSSR count). The van der Waals surface area contributed by atoms with Gasteiger partial charge in [-0.3, -0.25) is 9.69 Å². The molecule has 0 aromatic heterocycles. The molecule has 196 valence electrons. The fourth-order valence-corrected chi connectivity index (χ4v) is 4.96. The third-order valence-corrected chi connectivity index (χ3v) is 6.93. The molecule has 2 aromatic carbocycles. The zero-order valence-electron chi connectivity index (χ0n) is 21.9. The Bertz CT molecular complexity index is 1170. The molecule has 0 radical (unpaired) electrons. The molecule has 1 saturated carbocycles. The summed E-state index contributed by atoms with van der Waals surface area (Å²) in [6.45, 7) is 4.57. The van der Waals surface area contributed by atoms with E-state index in [-0.39, 0.29) is 18.5 Å². The third kappa shape index (κ3) is 6.37. The van der Waals surface area contributed by atoms with Gasteiger partial charge in [0.15, 0.2) is 0 Å².